The van der Waals surface area contributed by atoms with Gasteiger partial charge >= 0.3 is 0 Å². The summed E-state index contributed by atoms with van der Waals surface area (Å²) in [5.74, 6) is 4.22. The van der Waals surface area contributed by atoms with Crippen LogP contribution < -0.4 is 0 Å². The van der Waals surface area contributed by atoms with Crippen molar-refractivity contribution >= 4 is 0 Å². The predicted molar refractivity (Wildman–Crippen MR) is 81.9 cm³/mol. The van der Waals surface area contributed by atoms with Crippen molar-refractivity contribution in [3.63, 3.8) is 0 Å². The SMILES string of the molecule is C[C@H]1CCC2C1CC[C@]1(C)c3ccc(O)cc3CCC21. The highest BCUT2D eigenvalue weighted by Crippen LogP contribution is 2.59. The molecule has 2 saturated carbocycles. The first-order valence-corrected chi connectivity index (χ1v) is 8.42. The van der Waals surface area contributed by atoms with Crippen LogP contribution in [0.15, 0.2) is 18.2 Å². The molecule has 1 aromatic carbocycles. The largest absolute Gasteiger partial charge is 0.508 e. The standard InChI is InChI=1S/C19H26O/c1-12-3-6-16-15(12)9-10-19(2)17-8-5-14(20)11-13(17)4-7-18(16)19/h5,8,11-12,15-16,18,20H,3-4,6-7,9-10H2,1-2H3/t12-,15?,16?,18?,19+/m0/s1. The molecular formula is C19H26O. The van der Waals surface area contributed by atoms with Crippen molar-refractivity contribution in [3.05, 3.63) is 29.3 Å². The first-order chi connectivity index (χ1) is 9.59. The van der Waals surface area contributed by atoms with E-state index in [1.54, 1.807) is 5.56 Å². The lowest BCUT2D eigenvalue weighted by molar-refractivity contribution is 0.0617. The summed E-state index contributed by atoms with van der Waals surface area (Å²) in [4.78, 5) is 0. The minimum Gasteiger partial charge on any atom is -0.508 e. The van der Waals surface area contributed by atoms with Crippen LogP contribution >= 0.6 is 0 Å². The van der Waals surface area contributed by atoms with Gasteiger partial charge in [-0.25, -0.2) is 0 Å². The van der Waals surface area contributed by atoms with Crippen LogP contribution in [0.3, 0.4) is 0 Å². The van der Waals surface area contributed by atoms with Crippen LogP contribution in [0.1, 0.15) is 57.1 Å². The van der Waals surface area contributed by atoms with Crippen LogP contribution in [0.25, 0.3) is 0 Å². The Labute approximate surface area is 122 Å². The molecule has 5 atom stereocenters. The van der Waals surface area contributed by atoms with Crippen molar-refractivity contribution in [3.8, 4) is 5.75 Å². The lowest BCUT2D eigenvalue weighted by Gasteiger charge is -2.52. The molecule has 0 saturated heterocycles. The molecule has 3 aliphatic rings. The molecule has 20 heavy (non-hydrogen) atoms. The van der Waals surface area contributed by atoms with Crippen LogP contribution in [0.2, 0.25) is 0 Å². The van der Waals surface area contributed by atoms with E-state index in [0.29, 0.717) is 11.2 Å². The van der Waals surface area contributed by atoms with E-state index in [4.69, 9.17) is 0 Å². The average Bonchev–Trinajstić information content (AvgIpc) is 2.79. The van der Waals surface area contributed by atoms with E-state index in [0.717, 1.165) is 23.7 Å². The van der Waals surface area contributed by atoms with Crippen LogP contribution in [-0.2, 0) is 11.8 Å². The Bertz CT molecular complexity index is 535. The molecule has 0 radical (unpaired) electrons. The first-order valence-electron chi connectivity index (χ1n) is 8.42. The molecule has 1 heteroatoms. The fourth-order valence-corrected chi connectivity index (χ4v) is 5.95. The number of hydrogen-bond donors (Lipinski definition) is 1. The summed E-state index contributed by atoms with van der Waals surface area (Å²) in [7, 11) is 0. The Kier molecular flexibility index (Phi) is 2.71. The van der Waals surface area contributed by atoms with Gasteiger partial charge in [-0.05, 0) is 84.5 Å². The fourth-order valence-electron chi connectivity index (χ4n) is 5.95. The maximum atomic E-state index is 9.75. The van der Waals surface area contributed by atoms with E-state index in [1.807, 2.05) is 12.1 Å². The highest BCUT2D eigenvalue weighted by atomic mass is 16.3. The third kappa shape index (κ3) is 1.61. The van der Waals surface area contributed by atoms with E-state index >= 15 is 0 Å². The van der Waals surface area contributed by atoms with E-state index in [9.17, 15) is 5.11 Å². The van der Waals surface area contributed by atoms with E-state index in [2.05, 4.69) is 19.9 Å². The number of fused-ring (bicyclic) bond motifs is 5. The molecule has 108 valence electrons. The monoisotopic (exact) mass is 270 g/mol. The molecule has 0 aromatic heterocycles. The highest BCUT2D eigenvalue weighted by Gasteiger charge is 2.52. The number of rotatable bonds is 0. The molecule has 1 nitrogen and oxygen atoms in total. The third-order valence-electron chi connectivity index (χ3n) is 7.00. The third-order valence-corrected chi connectivity index (χ3v) is 7.00. The summed E-state index contributed by atoms with van der Waals surface area (Å²) < 4.78 is 0. The predicted octanol–water partition coefficient (Wildman–Crippen LogP) is 4.67. The zero-order valence-corrected chi connectivity index (χ0v) is 12.7. The number of hydrogen-bond acceptors (Lipinski definition) is 1. The van der Waals surface area contributed by atoms with Gasteiger partial charge < -0.3 is 5.11 Å². The highest BCUT2D eigenvalue weighted by molar-refractivity contribution is 5.42. The average molecular weight is 270 g/mol. The van der Waals surface area contributed by atoms with E-state index in [1.165, 1.54) is 44.1 Å². The summed E-state index contributed by atoms with van der Waals surface area (Å²) >= 11 is 0. The summed E-state index contributed by atoms with van der Waals surface area (Å²) in [5.41, 5.74) is 3.32. The minimum atomic E-state index is 0.368. The Morgan fingerprint density at radius 1 is 1.10 bits per heavy atom. The van der Waals surface area contributed by atoms with E-state index in [-0.39, 0.29) is 0 Å². The Balaban J connectivity index is 1.76. The molecule has 3 aliphatic carbocycles. The summed E-state index contributed by atoms with van der Waals surface area (Å²) in [5, 5.41) is 9.75. The molecule has 1 N–H and O–H groups in total. The fraction of sp³-hybridized carbons (Fsp3) is 0.684. The van der Waals surface area contributed by atoms with E-state index < -0.39 is 0 Å². The molecule has 1 aromatic rings. The minimum absolute atomic E-state index is 0.368. The van der Waals surface area contributed by atoms with Crippen molar-refractivity contribution in [2.75, 3.05) is 0 Å². The van der Waals surface area contributed by atoms with Gasteiger partial charge in [-0.2, -0.15) is 0 Å². The second-order valence-corrected chi connectivity index (χ2v) is 7.83. The zero-order chi connectivity index (χ0) is 13.9. The van der Waals surface area contributed by atoms with Gasteiger partial charge in [0.05, 0.1) is 0 Å². The van der Waals surface area contributed by atoms with Crippen LogP contribution in [0.5, 0.6) is 5.75 Å². The summed E-state index contributed by atoms with van der Waals surface area (Å²) in [6.45, 7) is 4.98. The first kappa shape index (κ1) is 12.7. The van der Waals surface area contributed by atoms with Crippen LogP contribution in [-0.4, -0.2) is 5.11 Å². The maximum absolute atomic E-state index is 9.75. The topological polar surface area (TPSA) is 20.2 Å². The second kappa shape index (κ2) is 4.26. The lowest BCUT2D eigenvalue weighted by atomic mass is 9.52. The summed E-state index contributed by atoms with van der Waals surface area (Å²) in [6, 6.07) is 6.13. The molecule has 0 aliphatic heterocycles. The molecule has 0 spiro atoms. The number of phenols is 1. The van der Waals surface area contributed by atoms with Gasteiger partial charge in [0.25, 0.3) is 0 Å². The smallest absolute Gasteiger partial charge is 0.115 e. The van der Waals surface area contributed by atoms with Crippen molar-refractivity contribution in [2.45, 2.75) is 57.8 Å². The van der Waals surface area contributed by atoms with Gasteiger partial charge in [0.1, 0.15) is 5.75 Å². The van der Waals surface area contributed by atoms with Crippen molar-refractivity contribution in [1.82, 2.24) is 0 Å². The van der Waals surface area contributed by atoms with Gasteiger partial charge in [-0.15, -0.1) is 0 Å². The molecule has 3 unspecified atom stereocenters. The quantitative estimate of drug-likeness (QED) is 0.726. The molecule has 0 bridgehead atoms. The molecule has 0 heterocycles. The lowest BCUT2D eigenvalue weighted by Crippen LogP contribution is -2.46. The van der Waals surface area contributed by atoms with Crippen LogP contribution in [0, 0.1) is 23.7 Å². The summed E-state index contributed by atoms with van der Waals surface area (Å²) in [6.07, 6.45) is 8.17. The van der Waals surface area contributed by atoms with Crippen molar-refractivity contribution < 1.29 is 5.11 Å². The zero-order valence-electron chi connectivity index (χ0n) is 12.7. The van der Waals surface area contributed by atoms with Gasteiger partial charge in [0, 0.05) is 0 Å². The van der Waals surface area contributed by atoms with Crippen molar-refractivity contribution in [1.29, 1.82) is 0 Å². The number of benzene rings is 1. The van der Waals surface area contributed by atoms with Gasteiger partial charge in [0.15, 0.2) is 0 Å². The molecular weight excluding hydrogens is 244 g/mol. The Hall–Kier alpha value is -0.980. The van der Waals surface area contributed by atoms with Gasteiger partial charge in [0.2, 0.25) is 0 Å². The molecule has 0 amide bonds. The molecule has 4 rings (SSSR count). The number of aryl methyl sites for hydroxylation is 1. The Morgan fingerprint density at radius 2 is 1.95 bits per heavy atom. The maximum Gasteiger partial charge on any atom is 0.115 e. The van der Waals surface area contributed by atoms with Crippen LogP contribution in [0.4, 0.5) is 0 Å². The van der Waals surface area contributed by atoms with Gasteiger partial charge in [-0.1, -0.05) is 26.3 Å². The molecule has 2 fully saturated rings. The van der Waals surface area contributed by atoms with Crippen molar-refractivity contribution in [2.24, 2.45) is 23.7 Å². The normalized spacial score (nSPS) is 42.7. The Morgan fingerprint density at radius 3 is 2.80 bits per heavy atom. The van der Waals surface area contributed by atoms with Gasteiger partial charge in [-0.3, -0.25) is 0 Å². The second-order valence-electron chi connectivity index (χ2n) is 7.83. The number of phenolic OH excluding ortho intramolecular Hbond substituents is 1. The number of aromatic hydroxyl groups is 1.